The van der Waals surface area contributed by atoms with Gasteiger partial charge < -0.3 is 9.68 Å². The van der Waals surface area contributed by atoms with Crippen LogP contribution in [0.2, 0.25) is 20.1 Å². The summed E-state index contributed by atoms with van der Waals surface area (Å²) < 4.78 is 6.15. The van der Waals surface area contributed by atoms with Crippen LogP contribution in [-0.4, -0.2) is 41.1 Å². The Hall–Kier alpha value is -9.67. The number of benzene rings is 12. The van der Waals surface area contributed by atoms with E-state index in [4.69, 9.17) is 76.0 Å². The summed E-state index contributed by atoms with van der Waals surface area (Å²) >= 11 is 28.6. The molecule has 14 rings (SSSR count). The minimum atomic E-state index is 0. The highest BCUT2D eigenvalue weighted by molar-refractivity contribution is 9.10. The van der Waals surface area contributed by atoms with E-state index >= 15 is 0 Å². The molecule has 0 spiro atoms. The van der Waals surface area contributed by atoms with Gasteiger partial charge in [-0.2, -0.15) is 0 Å². The van der Waals surface area contributed by atoms with Gasteiger partial charge in [-0.05, 0) is 171 Å². The van der Waals surface area contributed by atoms with Crippen LogP contribution in [0.3, 0.4) is 0 Å². The van der Waals surface area contributed by atoms with Gasteiger partial charge in [0.25, 0.3) is 0 Å². The highest BCUT2D eigenvalue weighted by Crippen LogP contribution is 2.38. The lowest BCUT2D eigenvalue weighted by Crippen LogP contribution is -2.00. The Balaban J connectivity index is 0.000000178. The number of nitrogens with zero attached hydrogens (tertiary/aromatic N) is 4. The standard InChI is InChI=1S/C40H26Cl2N2.C22H13BrCl2N2.C18H14BO2.2CH4.B/c41-36-18-8-16-31(24-36)39-26-38(43-40(44-39)32-17-9-19-37(42)25-32)30-15-7-14-29(20-30)35-22-33(27-10-3-1-4-11-27)21-34(23-35)28-12-5-2-6-13-28;23-17-7-1-4-14(10-17)20-13-21(15-5-2-8-18(24)11-15)27-22(26-20)16-6-3-9-19(25)12-16;20-19-21-18-12-16(14-7-3-1-4-8-14)11-17(13-18)15-9-5-2-6-10-15;;;/h1-26H;1-13H;1-13,20H;2*1H4;. The molecule has 462 valence electrons. The summed E-state index contributed by atoms with van der Waals surface area (Å²) in [5, 5.41) is 11.5. The SMILES string of the molecule is C.C.Clc1cccc(-c2cc(-c3cccc(-c4cc(-c5ccccc5)cc(-c5ccccc5)c4)c3)nc(-c3cccc(Cl)c3)n2)c1.Clc1cccc(-c2cc(-c3cccc(Br)c3)nc(-c3cccc(Cl)c3)n2)c1.O[B]Oc1cc(-c2ccccc2)cc(-c2ccccc2)c1.[B]. The lowest BCUT2D eigenvalue weighted by Gasteiger charge is -2.13. The van der Waals surface area contributed by atoms with Crippen molar-refractivity contribution < 1.29 is 9.68 Å². The largest absolute Gasteiger partial charge is 0.569 e. The molecule has 0 aliphatic heterocycles. The van der Waals surface area contributed by atoms with Crippen LogP contribution < -0.4 is 4.65 Å². The first-order chi connectivity index (χ1) is 45.0. The van der Waals surface area contributed by atoms with E-state index in [0.29, 0.717) is 45.2 Å². The molecule has 12 aromatic carbocycles. The third kappa shape index (κ3) is 18.2. The van der Waals surface area contributed by atoms with Gasteiger partial charge >= 0.3 is 7.69 Å². The molecule has 13 heteroatoms. The topological polar surface area (TPSA) is 81.0 Å². The second-order valence-corrected chi connectivity index (χ2v) is 24.0. The zero-order valence-electron chi connectivity index (χ0n) is 49.7. The molecule has 0 bridgehead atoms. The Morgan fingerprint density at radius 1 is 0.263 bits per heavy atom. The van der Waals surface area contributed by atoms with Crippen LogP contribution in [0.25, 0.3) is 123 Å². The predicted octanol–water partition coefficient (Wildman–Crippen LogP) is 24.1. The molecule has 2 aromatic heterocycles. The first-order valence-electron chi connectivity index (χ1n) is 29.4. The van der Waals surface area contributed by atoms with Gasteiger partial charge in [0.15, 0.2) is 11.6 Å². The molecule has 0 saturated heterocycles. The number of aromatic nitrogens is 4. The minimum absolute atomic E-state index is 0. The van der Waals surface area contributed by atoms with E-state index in [2.05, 4.69) is 137 Å². The Morgan fingerprint density at radius 2 is 0.516 bits per heavy atom. The fourth-order valence-electron chi connectivity index (χ4n) is 10.5. The number of hydrogen-bond donors (Lipinski definition) is 1. The molecule has 2 heterocycles. The normalized spacial score (nSPS) is 10.4. The molecule has 0 aliphatic carbocycles. The predicted molar refractivity (Wildman–Crippen MR) is 406 cm³/mol. The molecule has 0 amide bonds. The minimum Gasteiger partial charge on any atom is -0.537 e. The van der Waals surface area contributed by atoms with Gasteiger partial charge in [0.2, 0.25) is 0 Å². The van der Waals surface area contributed by atoms with Gasteiger partial charge in [0, 0.05) is 66.4 Å². The zero-order chi connectivity index (χ0) is 63.2. The van der Waals surface area contributed by atoms with Gasteiger partial charge in [0.05, 0.1) is 22.8 Å². The molecular weight excluding hydrogens is 1320 g/mol. The van der Waals surface area contributed by atoms with Crippen LogP contribution in [-0.2, 0) is 0 Å². The first kappa shape index (κ1) is 69.7. The number of halogens is 5. The number of hydrogen-bond acceptors (Lipinski definition) is 6. The molecule has 1 N–H and O–H groups in total. The Morgan fingerprint density at radius 3 is 0.853 bits per heavy atom. The van der Waals surface area contributed by atoms with Gasteiger partial charge in [-0.15, -0.1) is 0 Å². The van der Waals surface area contributed by atoms with Crippen LogP contribution in [0.15, 0.2) is 320 Å². The van der Waals surface area contributed by atoms with E-state index in [9.17, 15) is 0 Å². The van der Waals surface area contributed by atoms with E-state index in [-0.39, 0.29) is 23.3 Å². The second-order valence-electron chi connectivity index (χ2n) is 21.3. The van der Waals surface area contributed by atoms with E-state index in [1.807, 2.05) is 194 Å². The van der Waals surface area contributed by atoms with E-state index in [1.165, 1.54) is 22.3 Å². The third-order valence-electron chi connectivity index (χ3n) is 14.9. The quantitative estimate of drug-likeness (QED) is 0.116. The van der Waals surface area contributed by atoms with Crippen molar-refractivity contribution >= 4 is 78.4 Å². The molecule has 0 unspecified atom stereocenters. The summed E-state index contributed by atoms with van der Waals surface area (Å²) in [4.78, 5) is 19.5. The van der Waals surface area contributed by atoms with E-state index in [0.717, 1.165) is 94.0 Å². The molecule has 14 aromatic rings. The van der Waals surface area contributed by atoms with Crippen LogP contribution >= 0.6 is 62.3 Å². The van der Waals surface area contributed by atoms with Crippen molar-refractivity contribution in [2.24, 2.45) is 0 Å². The fourth-order valence-corrected chi connectivity index (χ4v) is 11.7. The Labute approximate surface area is 587 Å². The van der Waals surface area contributed by atoms with Gasteiger partial charge in [-0.1, -0.05) is 277 Å². The lowest BCUT2D eigenvalue weighted by atomic mass is 9.92. The van der Waals surface area contributed by atoms with Crippen LogP contribution in [0.1, 0.15) is 14.9 Å². The molecule has 0 atom stereocenters. The zero-order valence-corrected chi connectivity index (χ0v) is 54.3. The van der Waals surface area contributed by atoms with Crippen molar-refractivity contribution in [1.82, 2.24) is 19.9 Å². The summed E-state index contributed by atoms with van der Waals surface area (Å²) in [5.74, 6) is 1.82. The van der Waals surface area contributed by atoms with Gasteiger partial charge in [-0.3, -0.25) is 0 Å². The van der Waals surface area contributed by atoms with Crippen molar-refractivity contribution in [2.45, 2.75) is 14.9 Å². The maximum absolute atomic E-state index is 8.90. The van der Waals surface area contributed by atoms with Crippen LogP contribution in [0.5, 0.6) is 5.75 Å². The monoisotopic (exact) mass is 1370 g/mol. The van der Waals surface area contributed by atoms with Gasteiger partial charge in [-0.25, -0.2) is 19.9 Å². The van der Waals surface area contributed by atoms with Crippen LogP contribution in [0.4, 0.5) is 0 Å². The Kier molecular flexibility index (Phi) is 24.5. The number of rotatable bonds is 13. The molecule has 6 nitrogen and oxygen atoms in total. The summed E-state index contributed by atoms with van der Waals surface area (Å²) in [7, 11) is 0.707. The molecule has 0 saturated carbocycles. The fraction of sp³-hybridized carbons (Fsp3) is 0.0244. The average Bonchev–Trinajstić information content (AvgIpc) is 0.840. The molecule has 0 aliphatic rings. The first-order valence-corrected chi connectivity index (χ1v) is 31.7. The Bertz CT molecular complexity index is 4530. The maximum atomic E-state index is 8.90. The van der Waals surface area contributed by atoms with Crippen molar-refractivity contribution in [3.63, 3.8) is 0 Å². The van der Waals surface area contributed by atoms with Crippen molar-refractivity contribution in [3.05, 3.63) is 340 Å². The summed E-state index contributed by atoms with van der Waals surface area (Å²) in [5.41, 5.74) is 20.0. The van der Waals surface area contributed by atoms with Crippen LogP contribution in [0, 0.1) is 0 Å². The summed E-state index contributed by atoms with van der Waals surface area (Å²) in [6.07, 6.45) is 0. The second kappa shape index (κ2) is 33.4. The molecular formula is C82H61B2BrCl4N4O2. The third-order valence-corrected chi connectivity index (χ3v) is 16.4. The highest BCUT2D eigenvalue weighted by Gasteiger charge is 2.16. The summed E-state index contributed by atoms with van der Waals surface area (Å²) in [6, 6.07) is 105. The molecule has 95 heavy (non-hydrogen) atoms. The van der Waals surface area contributed by atoms with Crippen molar-refractivity contribution in [2.75, 3.05) is 0 Å². The highest BCUT2D eigenvalue weighted by atomic mass is 79.9. The lowest BCUT2D eigenvalue weighted by molar-refractivity contribution is 0.454. The molecule has 0 fully saturated rings. The maximum Gasteiger partial charge on any atom is 0.569 e. The average molecular weight is 1380 g/mol. The van der Waals surface area contributed by atoms with E-state index in [1.54, 1.807) is 0 Å². The molecule has 4 radical (unpaired) electrons. The van der Waals surface area contributed by atoms with Crippen molar-refractivity contribution in [3.8, 4) is 129 Å². The van der Waals surface area contributed by atoms with Crippen molar-refractivity contribution in [1.29, 1.82) is 0 Å². The van der Waals surface area contributed by atoms with E-state index < -0.39 is 0 Å². The smallest absolute Gasteiger partial charge is 0.537 e. The van der Waals surface area contributed by atoms with Gasteiger partial charge in [0.1, 0.15) is 5.75 Å². The summed E-state index contributed by atoms with van der Waals surface area (Å²) in [6.45, 7) is 0.